The summed E-state index contributed by atoms with van der Waals surface area (Å²) in [5, 5.41) is 22.9. The molecule has 124 valence electrons. The second-order valence-electron chi connectivity index (χ2n) is 4.66. The lowest BCUT2D eigenvalue weighted by Crippen LogP contribution is -2.15. The molecule has 0 unspecified atom stereocenters. The number of nitro groups is 1. The first-order valence-electron chi connectivity index (χ1n) is 6.82. The first-order valence-corrected chi connectivity index (χ1v) is 6.82. The average molecular weight is 330 g/mol. The van der Waals surface area contributed by atoms with Gasteiger partial charge in [0.25, 0.3) is 5.69 Å². The van der Waals surface area contributed by atoms with Crippen molar-refractivity contribution in [2.75, 3.05) is 13.7 Å². The Bertz CT molecular complexity index is 770. The second-order valence-corrected chi connectivity index (χ2v) is 4.66. The number of nitro benzene ring substituents is 1. The van der Waals surface area contributed by atoms with Gasteiger partial charge in [-0.05, 0) is 30.3 Å². The zero-order valence-corrected chi connectivity index (χ0v) is 12.7. The predicted molar refractivity (Wildman–Crippen MR) is 84.7 cm³/mol. The van der Waals surface area contributed by atoms with Gasteiger partial charge in [-0.3, -0.25) is 10.1 Å². The Labute approximate surface area is 137 Å². The summed E-state index contributed by atoms with van der Waals surface area (Å²) in [7, 11) is 1.52. The molecule has 0 atom stereocenters. The van der Waals surface area contributed by atoms with E-state index in [1.54, 1.807) is 24.3 Å². The maximum atomic E-state index is 12.0. The minimum atomic E-state index is -0.756. The zero-order chi connectivity index (χ0) is 17.5. The van der Waals surface area contributed by atoms with E-state index < -0.39 is 10.9 Å². The van der Waals surface area contributed by atoms with Gasteiger partial charge in [-0.2, -0.15) is 0 Å². The Morgan fingerprint density at radius 3 is 2.50 bits per heavy atom. The van der Waals surface area contributed by atoms with Gasteiger partial charge in [0.05, 0.1) is 17.6 Å². The first kappa shape index (κ1) is 16.9. The monoisotopic (exact) mass is 330 g/mol. The molecule has 0 aliphatic rings. The van der Waals surface area contributed by atoms with Crippen LogP contribution in [0.2, 0.25) is 0 Å². The Hall–Kier alpha value is -3.42. The standard InChI is InChI=1S/C16H14N2O6/c1-23-14-7-5-11(6-8-14)15(17-20)10-24-16(19)12-3-2-4-13(9-12)18(21)22/h2-9,20H,10H2,1H3. The Balaban J connectivity index is 2.06. The smallest absolute Gasteiger partial charge is 0.338 e. The van der Waals surface area contributed by atoms with Crippen molar-refractivity contribution < 1.29 is 24.4 Å². The van der Waals surface area contributed by atoms with Gasteiger partial charge in [-0.1, -0.05) is 11.2 Å². The van der Waals surface area contributed by atoms with Gasteiger partial charge in [-0.15, -0.1) is 0 Å². The van der Waals surface area contributed by atoms with Crippen molar-refractivity contribution in [3.8, 4) is 5.75 Å². The van der Waals surface area contributed by atoms with Crippen molar-refractivity contribution in [1.29, 1.82) is 0 Å². The molecule has 0 aliphatic heterocycles. The molecule has 24 heavy (non-hydrogen) atoms. The SMILES string of the molecule is COc1ccc(C(COC(=O)c2cccc([N+](=O)[O-])c2)=NO)cc1. The number of rotatable bonds is 6. The minimum absolute atomic E-state index is 0.0382. The summed E-state index contributed by atoms with van der Waals surface area (Å²) in [4.78, 5) is 22.1. The lowest BCUT2D eigenvalue weighted by Gasteiger charge is -2.07. The van der Waals surface area contributed by atoms with Gasteiger partial charge < -0.3 is 14.7 Å². The van der Waals surface area contributed by atoms with E-state index in [0.29, 0.717) is 11.3 Å². The first-order chi connectivity index (χ1) is 11.5. The second kappa shape index (κ2) is 7.73. The highest BCUT2D eigenvalue weighted by atomic mass is 16.6. The summed E-state index contributed by atoms with van der Waals surface area (Å²) in [6.45, 7) is -0.287. The number of carbonyl (C=O) groups is 1. The van der Waals surface area contributed by atoms with Crippen LogP contribution in [0.25, 0.3) is 0 Å². The number of carbonyl (C=O) groups excluding carboxylic acids is 1. The molecule has 0 aliphatic carbocycles. The van der Waals surface area contributed by atoms with Gasteiger partial charge in [0.2, 0.25) is 0 Å². The van der Waals surface area contributed by atoms with E-state index in [0.717, 1.165) is 6.07 Å². The van der Waals surface area contributed by atoms with E-state index in [4.69, 9.17) is 14.7 Å². The highest BCUT2D eigenvalue weighted by molar-refractivity contribution is 6.02. The highest BCUT2D eigenvalue weighted by Crippen LogP contribution is 2.15. The van der Waals surface area contributed by atoms with Crippen LogP contribution in [0, 0.1) is 10.1 Å². The molecule has 2 aromatic carbocycles. The van der Waals surface area contributed by atoms with Crippen LogP contribution in [0.15, 0.2) is 53.7 Å². The molecule has 0 radical (unpaired) electrons. The molecule has 1 N–H and O–H groups in total. The van der Waals surface area contributed by atoms with Crippen LogP contribution in [0.4, 0.5) is 5.69 Å². The summed E-state index contributed by atoms with van der Waals surface area (Å²) < 4.78 is 10.1. The van der Waals surface area contributed by atoms with Gasteiger partial charge in [0, 0.05) is 17.7 Å². The number of esters is 1. The molecule has 8 heteroatoms. The summed E-state index contributed by atoms with van der Waals surface area (Å²) in [5.74, 6) is -0.127. The molecule has 0 bridgehead atoms. The fourth-order valence-electron chi connectivity index (χ4n) is 1.92. The van der Waals surface area contributed by atoms with Gasteiger partial charge in [0.1, 0.15) is 18.1 Å². The lowest BCUT2D eigenvalue weighted by atomic mass is 10.1. The molecule has 8 nitrogen and oxygen atoms in total. The zero-order valence-electron chi connectivity index (χ0n) is 12.7. The quantitative estimate of drug-likeness (QED) is 0.286. The molecular weight excluding hydrogens is 316 g/mol. The van der Waals surface area contributed by atoms with Crippen molar-refractivity contribution in [2.24, 2.45) is 5.16 Å². The molecule has 2 rings (SSSR count). The predicted octanol–water partition coefficient (Wildman–Crippen LogP) is 2.64. The number of nitrogens with zero attached hydrogens (tertiary/aromatic N) is 2. The Morgan fingerprint density at radius 2 is 1.92 bits per heavy atom. The number of ether oxygens (including phenoxy) is 2. The van der Waals surface area contributed by atoms with E-state index >= 15 is 0 Å². The summed E-state index contributed by atoms with van der Waals surface area (Å²) in [6, 6.07) is 11.8. The van der Waals surface area contributed by atoms with Crippen molar-refractivity contribution in [2.45, 2.75) is 0 Å². The minimum Gasteiger partial charge on any atom is -0.497 e. The normalized spacial score (nSPS) is 11.0. The van der Waals surface area contributed by atoms with Crippen molar-refractivity contribution >= 4 is 17.4 Å². The maximum Gasteiger partial charge on any atom is 0.338 e. The third kappa shape index (κ3) is 4.07. The molecule has 0 heterocycles. The van der Waals surface area contributed by atoms with Crippen LogP contribution in [0.1, 0.15) is 15.9 Å². The molecule has 0 spiro atoms. The van der Waals surface area contributed by atoms with Gasteiger partial charge >= 0.3 is 5.97 Å². The lowest BCUT2D eigenvalue weighted by molar-refractivity contribution is -0.384. The van der Waals surface area contributed by atoms with Gasteiger partial charge in [0.15, 0.2) is 0 Å². The van der Waals surface area contributed by atoms with Crippen molar-refractivity contribution in [3.63, 3.8) is 0 Å². The molecule has 0 amide bonds. The number of hydrogen-bond donors (Lipinski definition) is 1. The number of benzene rings is 2. The van der Waals surface area contributed by atoms with Crippen LogP contribution >= 0.6 is 0 Å². The van der Waals surface area contributed by atoms with Crippen LogP contribution in [0.3, 0.4) is 0 Å². The third-order valence-electron chi connectivity index (χ3n) is 3.18. The van der Waals surface area contributed by atoms with Crippen LogP contribution in [-0.2, 0) is 4.74 Å². The van der Waals surface area contributed by atoms with E-state index in [2.05, 4.69) is 5.16 Å². The molecule has 0 aromatic heterocycles. The van der Waals surface area contributed by atoms with E-state index in [1.165, 1.54) is 25.3 Å². The molecule has 2 aromatic rings. The Kier molecular flexibility index (Phi) is 5.45. The average Bonchev–Trinajstić information content (AvgIpc) is 2.62. The molecule has 0 saturated carbocycles. The van der Waals surface area contributed by atoms with E-state index in [9.17, 15) is 14.9 Å². The van der Waals surface area contributed by atoms with E-state index in [-0.39, 0.29) is 23.6 Å². The Morgan fingerprint density at radius 1 is 1.21 bits per heavy atom. The van der Waals surface area contributed by atoms with Crippen LogP contribution in [-0.4, -0.2) is 35.5 Å². The molecule has 0 saturated heterocycles. The number of hydrogen-bond acceptors (Lipinski definition) is 7. The molecular formula is C16H14N2O6. The number of methoxy groups -OCH3 is 1. The van der Waals surface area contributed by atoms with Crippen molar-refractivity contribution in [1.82, 2.24) is 0 Å². The number of non-ortho nitro benzene ring substituents is 1. The van der Waals surface area contributed by atoms with Crippen molar-refractivity contribution in [3.05, 3.63) is 69.8 Å². The fourth-order valence-corrected chi connectivity index (χ4v) is 1.92. The van der Waals surface area contributed by atoms with Crippen LogP contribution < -0.4 is 4.74 Å². The largest absolute Gasteiger partial charge is 0.497 e. The van der Waals surface area contributed by atoms with E-state index in [1.807, 2.05) is 0 Å². The third-order valence-corrected chi connectivity index (χ3v) is 3.18. The maximum absolute atomic E-state index is 12.0. The fraction of sp³-hybridized carbons (Fsp3) is 0.125. The number of oxime groups is 1. The molecule has 0 fully saturated rings. The topological polar surface area (TPSA) is 111 Å². The highest BCUT2D eigenvalue weighted by Gasteiger charge is 2.14. The summed E-state index contributed by atoms with van der Waals surface area (Å²) >= 11 is 0. The summed E-state index contributed by atoms with van der Waals surface area (Å²) in [5.41, 5.74) is 0.508. The van der Waals surface area contributed by atoms with Gasteiger partial charge in [-0.25, -0.2) is 4.79 Å². The van der Waals surface area contributed by atoms with Crippen LogP contribution in [0.5, 0.6) is 5.75 Å². The summed E-state index contributed by atoms with van der Waals surface area (Å²) in [6.07, 6.45) is 0.